The van der Waals surface area contributed by atoms with Gasteiger partial charge in [0, 0.05) is 24.8 Å². The van der Waals surface area contributed by atoms with E-state index >= 15 is 0 Å². The largest absolute Gasteiger partial charge is 0.612 e. The van der Waals surface area contributed by atoms with Crippen LogP contribution in [0.3, 0.4) is 0 Å². The number of anilines is 1. The van der Waals surface area contributed by atoms with E-state index in [0.717, 1.165) is 50.5 Å². The summed E-state index contributed by atoms with van der Waals surface area (Å²) in [6.45, 7) is 7.28. The molecule has 0 amide bonds. The molecular formula is C15H22N5O2-. The maximum absolute atomic E-state index is 12.0. The fourth-order valence-corrected chi connectivity index (χ4v) is 2.63. The summed E-state index contributed by atoms with van der Waals surface area (Å²) in [7, 11) is 0. The predicted octanol–water partition coefficient (Wildman–Crippen LogP) is 0.802. The first-order valence-corrected chi connectivity index (χ1v) is 7.71. The van der Waals surface area contributed by atoms with Gasteiger partial charge in [0.1, 0.15) is 0 Å². The first-order chi connectivity index (χ1) is 10.7. The van der Waals surface area contributed by atoms with Crippen molar-refractivity contribution in [2.45, 2.75) is 13.3 Å². The molecule has 2 N–H and O–H groups in total. The zero-order valence-corrected chi connectivity index (χ0v) is 12.8. The highest BCUT2D eigenvalue weighted by Gasteiger charge is 2.14. The summed E-state index contributed by atoms with van der Waals surface area (Å²) in [5.41, 5.74) is 6.52. The molecule has 7 heteroatoms. The second-order valence-corrected chi connectivity index (χ2v) is 5.60. The summed E-state index contributed by atoms with van der Waals surface area (Å²) in [6, 6.07) is 5.67. The Morgan fingerprint density at radius 2 is 2.23 bits per heavy atom. The monoisotopic (exact) mass is 304 g/mol. The van der Waals surface area contributed by atoms with Gasteiger partial charge in [-0.15, -0.1) is 0 Å². The number of guanidine groups is 1. The Balaban J connectivity index is 1.52. The number of quaternary nitrogens is 1. The number of aliphatic imine (C=N–C) groups is 1. The SMILES string of the molecule is Cc1ccc2c(c1)NC(=NCCCN1CCOCC1)[N-][NH+]2[O-]. The Bertz CT molecular complexity index is 543. The average molecular weight is 304 g/mol. The lowest BCUT2D eigenvalue weighted by Gasteiger charge is -2.35. The highest BCUT2D eigenvalue weighted by atomic mass is 16.5. The number of aryl methyl sites for hydroxylation is 1. The Morgan fingerprint density at radius 1 is 1.41 bits per heavy atom. The van der Waals surface area contributed by atoms with Crippen molar-refractivity contribution in [3.63, 3.8) is 0 Å². The van der Waals surface area contributed by atoms with Gasteiger partial charge in [-0.2, -0.15) is 5.43 Å². The standard InChI is InChI=1S/C15H22N5O2/c1-12-3-4-14-13(11-12)17-15(18-20(14)21)16-5-2-6-19-7-9-22-10-8-19/h3-4,11,20H,2,5-10H2,1H3,(H-,16,17,18)/q-1. The van der Waals surface area contributed by atoms with Crippen molar-refractivity contribution < 1.29 is 9.91 Å². The highest BCUT2D eigenvalue weighted by Crippen LogP contribution is 2.23. The van der Waals surface area contributed by atoms with Crippen molar-refractivity contribution in [1.29, 1.82) is 0 Å². The van der Waals surface area contributed by atoms with Gasteiger partial charge in [-0.1, -0.05) is 6.07 Å². The van der Waals surface area contributed by atoms with Crippen LogP contribution in [0.1, 0.15) is 12.0 Å². The molecule has 1 aromatic carbocycles. The molecule has 1 saturated heterocycles. The normalized spacial score (nSPS) is 23.7. The van der Waals surface area contributed by atoms with E-state index in [-0.39, 0.29) is 5.17 Å². The lowest BCUT2D eigenvalue weighted by atomic mass is 10.2. The first-order valence-electron chi connectivity index (χ1n) is 7.71. The van der Waals surface area contributed by atoms with Crippen molar-refractivity contribution in [2.75, 3.05) is 44.7 Å². The third-order valence-electron chi connectivity index (χ3n) is 3.86. The zero-order chi connectivity index (χ0) is 15.4. The van der Waals surface area contributed by atoms with Crippen LogP contribution in [-0.4, -0.2) is 50.3 Å². The van der Waals surface area contributed by atoms with E-state index in [4.69, 9.17) is 4.74 Å². The third kappa shape index (κ3) is 3.75. The van der Waals surface area contributed by atoms with Crippen LogP contribution in [0.25, 0.3) is 5.43 Å². The van der Waals surface area contributed by atoms with Crippen LogP contribution < -0.4 is 10.5 Å². The van der Waals surface area contributed by atoms with E-state index in [1.807, 2.05) is 19.1 Å². The number of hydrogen-bond donors (Lipinski definition) is 2. The first kappa shape index (κ1) is 15.2. The smallest absolute Gasteiger partial charge is 0.156 e. The average Bonchev–Trinajstić information content (AvgIpc) is 2.52. The molecule has 1 fully saturated rings. The van der Waals surface area contributed by atoms with Gasteiger partial charge < -0.3 is 20.3 Å². The molecule has 2 heterocycles. The van der Waals surface area contributed by atoms with E-state index in [1.54, 1.807) is 6.07 Å². The van der Waals surface area contributed by atoms with E-state index in [1.165, 1.54) is 0 Å². The fourth-order valence-electron chi connectivity index (χ4n) is 2.63. The number of nitrogens with zero attached hydrogens (tertiary/aromatic N) is 3. The molecule has 0 radical (unpaired) electrons. The molecule has 0 aliphatic carbocycles. The second kappa shape index (κ2) is 7.06. The van der Waals surface area contributed by atoms with E-state index in [0.29, 0.717) is 18.2 Å². The van der Waals surface area contributed by atoms with Crippen molar-refractivity contribution >= 4 is 17.3 Å². The van der Waals surface area contributed by atoms with Crippen LogP contribution in [0, 0.1) is 12.1 Å². The van der Waals surface area contributed by atoms with Crippen LogP contribution in [-0.2, 0) is 4.74 Å². The number of ether oxygens (including phenoxy) is 1. The zero-order valence-electron chi connectivity index (χ0n) is 12.8. The predicted molar refractivity (Wildman–Crippen MR) is 86.3 cm³/mol. The van der Waals surface area contributed by atoms with Crippen molar-refractivity contribution in [2.24, 2.45) is 4.99 Å². The van der Waals surface area contributed by atoms with Gasteiger partial charge in [0.05, 0.1) is 19.2 Å². The van der Waals surface area contributed by atoms with Gasteiger partial charge in [-0.3, -0.25) is 10.1 Å². The van der Waals surface area contributed by atoms with Gasteiger partial charge in [0.25, 0.3) is 0 Å². The molecule has 0 aromatic heterocycles. The molecule has 0 saturated carbocycles. The Hall–Kier alpha value is -1.67. The number of nitrogens with one attached hydrogen (secondary N) is 2. The lowest BCUT2D eigenvalue weighted by molar-refractivity contribution is -0.726. The minimum atomic E-state index is -0.222. The number of fused-ring (bicyclic) bond motifs is 1. The summed E-state index contributed by atoms with van der Waals surface area (Å²) >= 11 is 0. The minimum absolute atomic E-state index is 0.222. The number of morpholine rings is 1. The van der Waals surface area contributed by atoms with Crippen molar-refractivity contribution in [1.82, 2.24) is 4.90 Å². The number of rotatable bonds is 4. The highest BCUT2D eigenvalue weighted by molar-refractivity contribution is 6.04. The van der Waals surface area contributed by atoms with Crippen LogP contribution >= 0.6 is 0 Å². The lowest BCUT2D eigenvalue weighted by Crippen LogP contribution is -2.99. The summed E-state index contributed by atoms with van der Waals surface area (Å²) in [5, 5.41) is 14.9. The van der Waals surface area contributed by atoms with Crippen molar-refractivity contribution in [3.8, 4) is 0 Å². The Morgan fingerprint density at radius 3 is 3.05 bits per heavy atom. The van der Waals surface area contributed by atoms with Gasteiger partial charge in [-0.25, -0.2) is 0 Å². The van der Waals surface area contributed by atoms with E-state index in [9.17, 15) is 5.21 Å². The quantitative estimate of drug-likeness (QED) is 0.637. The third-order valence-corrected chi connectivity index (χ3v) is 3.86. The van der Waals surface area contributed by atoms with Gasteiger partial charge in [-0.05, 0) is 38.1 Å². The summed E-state index contributed by atoms with van der Waals surface area (Å²) in [5.74, 6) is 0.421. The molecule has 3 rings (SSSR count). The summed E-state index contributed by atoms with van der Waals surface area (Å²) < 4.78 is 5.32. The van der Waals surface area contributed by atoms with E-state index in [2.05, 4.69) is 20.6 Å². The molecule has 2 aliphatic rings. The van der Waals surface area contributed by atoms with Gasteiger partial charge in [0.2, 0.25) is 0 Å². The topological polar surface area (TPSA) is 78.5 Å². The molecule has 22 heavy (non-hydrogen) atoms. The minimum Gasteiger partial charge on any atom is -0.612 e. The van der Waals surface area contributed by atoms with Gasteiger partial charge >= 0.3 is 0 Å². The molecule has 2 aliphatic heterocycles. The molecule has 1 aromatic rings. The molecule has 0 bridgehead atoms. The molecule has 7 nitrogen and oxygen atoms in total. The molecule has 0 spiro atoms. The number of hydrogen-bond acceptors (Lipinski definition) is 4. The summed E-state index contributed by atoms with van der Waals surface area (Å²) in [4.78, 5) is 6.78. The van der Waals surface area contributed by atoms with Gasteiger partial charge in [0.15, 0.2) is 5.69 Å². The van der Waals surface area contributed by atoms with Crippen molar-refractivity contribution in [3.05, 3.63) is 34.4 Å². The number of benzene rings is 1. The van der Waals surface area contributed by atoms with Crippen LogP contribution in [0.15, 0.2) is 23.2 Å². The Labute approximate surface area is 130 Å². The molecular weight excluding hydrogens is 282 g/mol. The molecule has 1 atom stereocenters. The second-order valence-electron chi connectivity index (χ2n) is 5.60. The van der Waals surface area contributed by atoms with Crippen LogP contribution in [0.5, 0.6) is 0 Å². The Kier molecular flexibility index (Phi) is 4.89. The fraction of sp³-hybridized carbons (Fsp3) is 0.533. The molecule has 120 valence electrons. The summed E-state index contributed by atoms with van der Waals surface area (Å²) in [6.07, 6.45) is 0.954. The van der Waals surface area contributed by atoms with Crippen LogP contribution in [0.4, 0.5) is 11.4 Å². The van der Waals surface area contributed by atoms with E-state index < -0.39 is 0 Å². The maximum atomic E-state index is 12.0. The van der Waals surface area contributed by atoms with Crippen LogP contribution in [0.2, 0.25) is 0 Å². The molecule has 1 unspecified atom stereocenters. The maximum Gasteiger partial charge on any atom is 0.156 e.